The van der Waals surface area contributed by atoms with E-state index in [1.165, 1.54) is 10.5 Å². The molecule has 1 aromatic carbocycles. The largest absolute Gasteiger partial charge is 0.480 e. The van der Waals surface area contributed by atoms with Gasteiger partial charge in [0, 0.05) is 25.6 Å². The molecule has 2 amide bonds. The second kappa shape index (κ2) is 6.92. The number of likely N-dealkylation sites (tertiary alicyclic amines) is 1. The average molecular weight is 288 g/mol. The first kappa shape index (κ1) is 15.1. The maximum Gasteiger partial charge on any atom is 0.323 e. The predicted octanol–water partition coefficient (Wildman–Crippen LogP) is 2.17. The van der Waals surface area contributed by atoms with E-state index in [1.807, 2.05) is 18.2 Å². The van der Waals surface area contributed by atoms with E-state index < -0.39 is 5.97 Å². The van der Waals surface area contributed by atoms with Crippen molar-refractivity contribution in [3.05, 3.63) is 48.6 Å². The molecule has 0 radical (unpaired) electrons. The molecule has 1 aliphatic heterocycles. The fourth-order valence-corrected chi connectivity index (χ4v) is 2.66. The third-order valence-electron chi connectivity index (χ3n) is 3.68. The van der Waals surface area contributed by atoms with Crippen molar-refractivity contribution in [3.63, 3.8) is 0 Å². The lowest BCUT2D eigenvalue weighted by atomic mass is 9.99. The van der Waals surface area contributed by atoms with Gasteiger partial charge in [-0.25, -0.2) is 4.79 Å². The molecule has 0 saturated carbocycles. The zero-order chi connectivity index (χ0) is 15.2. The molecule has 1 unspecified atom stereocenters. The standard InChI is InChI=1S/C16H20N2O3/c1-2-9-17(12-15(19)20)16(21)18-10-8-14(11-18)13-6-4-3-5-7-13/h2-7,14H,1,8-12H2,(H,19,20). The fraction of sp³-hybridized carbons (Fsp3) is 0.375. The van der Waals surface area contributed by atoms with E-state index in [1.54, 1.807) is 11.0 Å². The van der Waals surface area contributed by atoms with Gasteiger partial charge in [0.2, 0.25) is 0 Å². The summed E-state index contributed by atoms with van der Waals surface area (Å²) in [4.78, 5) is 26.3. The van der Waals surface area contributed by atoms with Gasteiger partial charge in [-0.2, -0.15) is 0 Å². The Balaban J connectivity index is 2.00. The summed E-state index contributed by atoms with van der Waals surface area (Å²) in [6, 6.07) is 9.87. The molecule has 1 aliphatic rings. The minimum Gasteiger partial charge on any atom is -0.480 e. The Labute approximate surface area is 124 Å². The number of nitrogens with zero attached hydrogens (tertiary/aromatic N) is 2. The van der Waals surface area contributed by atoms with Crippen LogP contribution in [0.5, 0.6) is 0 Å². The highest BCUT2D eigenvalue weighted by atomic mass is 16.4. The lowest BCUT2D eigenvalue weighted by molar-refractivity contribution is -0.137. The summed E-state index contributed by atoms with van der Waals surface area (Å²) >= 11 is 0. The second-order valence-corrected chi connectivity index (χ2v) is 5.19. The van der Waals surface area contributed by atoms with E-state index in [0.717, 1.165) is 6.42 Å². The minimum atomic E-state index is -1.01. The molecule has 5 nitrogen and oxygen atoms in total. The molecular weight excluding hydrogens is 268 g/mol. The molecule has 0 aromatic heterocycles. The Kier molecular flexibility index (Phi) is 4.98. The van der Waals surface area contributed by atoms with Crippen molar-refractivity contribution in [1.29, 1.82) is 0 Å². The van der Waals surface area contributed by atoms with Gasteiger partial charge in [-0.1, -0.05) is 36.4 Å². The Bertz CT molecular complexity index is 516. The van der Waals surface area contributed by atoms with Crippen LogP contribution in [0.25, 0.3) is 0 Å². The number of amides is 2. The molecule has 0 spiro atoms. The van der Waals surface area contributed by atoms with Gasteiger partial charge in [-0.3, -0.25) is 4.79 Å². The van der Waals surface area contributed by atoms with Gasteiger partial charge in [0.05, 0.1) is 0 Å². The summed E-state index contributed by atoms with van der Waals surface area (Å²) in [7, 11) is 0. The Morgan fingerprint density at radius 3 is 2.71 bits per heavy atom. The first-order valence-electron chi connectivity index (χ1n) is 7.03. The average Bonchev–Trinajstić information content (AvgIpc) is 2.96. The van der Waals surface area contributed by atoms with Crippen molar-refractivity contribution in [2.75, 3.05) is 26.2 Å². The number of carbonyl (C=O) groups excluding carboxylic acids is 1. The molecule has 5 heteroatoms. The van der Waals surface area contributed by atoms with Crippen LogP contribution in [0.15, 0.2) is 43.0 Å². The molecular formula is C16H20N2O3. The summed E-state index contributed by atoms with van der Waals surface area (Å²) in [6.45, 7) is 4.82. The van der Waals surface area contributed by atoms with Crippen molar-refractivity contribution in [2.45, 2.75) is 12.3 Å². The lowest BCUT2D eigenvalue weighted by Gasteiger charge is -2.26. The van der Waals surface area contributed by atoms with E-state index in [4.69, 9.17) is 5.11 Å². The number of hydrogen-bond acceptors (Lipinski definition) is 2. The molecule has 1 heterocycles. The van der Waals surface area contributed by atoms with Crippen LogP contribution in [0.2, 0.25) is 0 Å². The molecule has 2 rings (SSSR count). The van der Waals surface area contributed by atoms with Gasteiger partial charge in [-0.15, -0.1) is 6.58 Å². The number of benzene rings is 1. The summed E-state index contributed by atoms with van der Waals surface area (Å²) in [5, 5.41) is 8.89. The van der Waals surface area contributed by atoms with Crippen molar-refractivity contribution < 1.29 is 14.7 Å². The Morgan fingerprint density at radius 2 is 2.10 bits per heavy atom. The van der Waals surface area contributed by atoms with Crippen molar-refractivity contribution >= 4 is 12.0 Å². The molecule has 1 aromatic rings. The third kappa shape index (κ3) is 3.84. The van der Waals surface area contributed by atoms with Crippen LogP contribution in [0.4, 0.5) is 4.79 Å². The van der Waals surface area contributed by atoms with E-state index in [0.29, 0.717) is 19.0 Å². The molecule has 21 heavy (non-hydrogen) atoms. The quantitative estimate of drug-likeness (QED) is 0.845. The van der Waals surface area contributed by atoms with Crippen LogP contribution < -0.4 is 0 Å². The fourth-order valence-electron chi connectivity index (χ4n) is 2.66. The first-order valence-corrected chi connectivity index (χ1v) is 7.03. The molecule has 1 N–H and O–H groups in total. The van der Waals surface area contributed by atoms with Crippen LogP contribution in [0, 0.1) is 0 Å². The van der Waals surface area contributed by atoms with Crippen molar-refractivity contribution in [1.82, 2.24) is 9.80 Å². The summed E-state index contributed by atoms with van der Waals surface area (Å²) in [5.41, 5.74) is 1.22. The van der Waals surface area contributed by atoms with E-state index in [2.05, 4.69) is 18.7 Å². The van der Waals surface area contributed by atoms with Crippen LogP contribution in [0.3, 0.4) is 0 Å². The normalized spacial score (nSPS) is 17.5. The third-order valence-corrected chi connectivity index (χ3v) is 3.68. The number of carbonyl (C=O) groups is 2. The molecule has 0 aliphatic carbocycles. The molecule has 1 fully saturated rings. The van der Waals surface area contributed by atoms with Crippen molar-refractivity contribution in [3.8, 4) is 0 Å². The van der Waals surface area contributed by atoms with Crippen molar-refractivity contribution in [2.24, 2.45) is 0 Å². The number of hydrogen-bond donors (Lipinski definition) is 1. The summed E-state index contributed by atoms with van der Waals surface area (Å²) in [5.74, 6) is -0.686. The highest BCUT2D eigenvalue weighted by molar-refractivity contribution is 5.80. The topological polar surface area (TPSA) is 60.9 Å². The lowest BCUT2D eigenvalue weighted by Crippen LogP contribution is -2.44. The van der Waals surface area contributed by atoms with E-state index >= 15 is 0 Å². The number of carboxylic acids is 1. The van der Waals surface area contributed by atoms with Crippen LogP contribution in [-0.4, -0.2) is 53.1 Å². The molecule has 1 saturated heterocycles. The SMILES string of the molecule is C=CCN(CC(=O)O)C(=O)N1CCC(c2ccccc2)C1. The van der Waals surface area contributed by atoms with Gasteiger partial charge in [-0.05, 0) is 12.0 Å². The monoisotopic (exact) mass is 288 g/mol. The first-order chi connectivity index (χ1) is 10.1. The smallest absolute Gasteiger partial charge is 0.323 e. The number of urea groups is 1. The van der Waals surface area contributed by atoms with Gasteiger partial charge in [0.25, 0.3) is 0 Å². The zero-order valence-corrected chi connectivity index (χ0v) is 11.9. The van der Waals surface area contributed by atoms with Gasteiger partial charge >= 0.3 is 12.0 Å². The number of rotatable bonds is 5. The van der Waals surface area contributed by atoms with E-state index in [9.17, 15) is 9.59 Å². The van der Waals surface area contributed by atoms with Gasteiger partial charge in [0.1, 0.15) is 6.54 Å². The maximum atomic E-state index is 12.4. The minimum absolute atomic E-state index is 0.226. The molecule has 0 bridgehead atoms. The zero-order valence-electron chi connectivity index (χ0n) is 11.9. The summed E-state index contributed by atoms with van der Waals surface area (Å²) < 4.78 is 0. The van der Waals surface area contributed by atoms with E-state index in [-0.39, 0.29) is 19.1 Å². The number of aliphatic carboxylic acids is 1. The Hall–Kier alpha value is -2.30. The summed E-state index contributed by atoms with van der Waals surface area (Å²) in [6.07, 6.45) is 2.45. The maximum absolute atomic E-state index is 12.4. The van der Waals surface area contributed by atoms with Crippen LogP contribution in [0.1, 0.15) is 17.9 Å². The number of carboxylic acid groups (broad SMARTS) is 1. The van der Waals surface area contributed by atoms with Crippen LogP contribution in [-0.2, 0) is 4.79 Å². The molecule has 1 atom stereocenters. The van der Waals surface area contributed by atoms with Crippen LogP contribution >= 0.6 is 0 Å². The van der Waals surface area contributed by atoms with Gasteiger partial charge < -0.3 is 14.9 Å². The Morgan fingerprint density at radius 1 is 1.38 bits per heavy atom. The highest BCUT2D eigenvalue weighted by Gasteiger charge is 2.30. The highest BCUT2D eigenvalue weighted by Crippen LogP contribution is 2.27. The predicted molar refractivity (Wildman–Crippen MR) is 80.2 cm³/mol. The molecule has 112 valence electrons. The van der Waals surface area contributed by atoms with Gasteiger partial charge in [0.15, 0.2) is 0 Å². The second-order valence-electron chi connectivity index (χ2n) is 5.19.